The molecule has 0 saturated carbocycles. The average molecular weight is 421 g/mol. The molecule has 2 aromatic carbocycles. The first-order chi connectivity index (χ1) is 14.1. The molecular weight excluding hydrogens is 389 g/mol. The molecule has 3 rings (SSSR count). The highest BCUT2D eigenvalue weighted by Crippen LogP contribution is 2.46. The summed E-state index contributed by atoms with van der Waals surface area (Å²) in [5.74, 6) is -0.379. The van der Waals surface area contributed by atoms with Crippen molar-refractivity contribution in [3.05, 3.63) is 47.5 Å². The van der Waals surface area contributed by atoms with Crippen LogP contribution in [0, 0.1) is 0 Å². The van der Waals surface area contributed by atoms with Gasteiger partial charge < -0.3 is 0 Å². The van der Waals surface area contributed by atoms with Gasteiger partial charge >= 0.3 is 6.18 Å². The minimum Gasteiger partial charge on any atom is -0.287 e. The Bertz CT molecular complexity index is 892. The summed E-state index contributed by atoms with van der Waals surface area (Å²) in [5.41, 5.74) is 2.54. The van der Waals surface area contributed by atoms with E-state index in [2.05, 4.69) is 12.3 Å². The molecule has 1 amide bonds. The third-order valence-electron chi connectivity index (χ3n) is 5.94. The van der Waals surface area contributed by atoms with E-state index in [1.165, 1.54) is 0 Å². The molecule has 1 atom stereocenters. The summed E-state index contributed by atoms with van der Waals surface area (Å²) >= 11 is 0. The molecule has 0 aliphatic carbocycles. The van der Waals surface area contributed by atoms with Gasteiger partial charge in [0.25, 0.3) is 0 Å². The fourth-order valence-electron chi connectivity index (χ4n) is 4.46. The van der Waals surface area contributed by atoms with E-state index in [0.29, 0.717) is 17.4 Å². The van der Waals surface area contributed by atoms with Crippen LogP contribution in [0.15, 0.2) is 36.4 Å². The number of hydrazine groups is 1. The van der Waals surface area contributed by atoms with Crippen molar-refractivity contribution in [3.8, 4) is 0 Å². The number of nitrogens with one attached hydrogen (secondary N) is 1. The first-order valence-corrected chi connectivity index (χ1v) is 10.8. The predicted molar refractivity (Wildman–Crippen MR) is 114 cm³/mol. The molecule has 1 fully saturated rings. The van der Waals surface area contributed by atoms with Crippen molar-refractivity contribution in [2.75, 3.05) is 0 Å². The minimum absolute atomic E-state index is 0.0384. The lowest BCUT2D eigenvalue weighted by Gasteiger charge is -2.39. The van der Waals surface area contributed by atoms with E-state index in [1.54, 1.807) is 26.0 Å². The molecule has 30 heavy (non-hydrogen) atoms. The van der Waals surface area contributed by atoms with Gasteiger partial charge in [-0.15, -0.1) is 0 Å². The van der Waals surface area contributed by atoms with E-state index >= 15 is 0 Å². The quantitative estimate of drug-likeness (QED) is 0.496. The number of fused-ring (bicyclic) bond motifs is 1. The molecule has 2 aromatic rings. The maximum absolute atomic E-state index is 14.5. The zero-order chi connectivity index (χ0) is 21.9. The van der Waals surface area contributed by atoms with E-state index in [0.717, 1.165) is 42.5 Å². The lowest BCUT2D eigenvalue weighted by atomic mass is 9.88. The number of nitrogens with zero attached hydrogens (tertiary/aromatic N) is 1. The van der Waals surface area contributed by atoms with Gasteiger partial charge in [0.15, 0.2) is 6.04 Å². The Hall–Kier alpha value is -2.08. The van der Waals surface area contributed by atoms with Crippen molar-refractivity contribution in [1.82, 2.24) is 10.4 Å². The number of hydrogen-bond donors (Lipinski definition) is 1. The van der Waals surface area contributed by atoms with Crippen LogP contribution < -0.4 is 5.43 Å². The summed E-state index contributed by atoms with van der Waals surface area (Å²) in [4.78, 5) is 12.0. The minimum atomic E-state index is -4.53. The van der Waals surface area contributed by atoms with Crippen LogP contribution in [0.2, 0.25) is 0 Å². The third-order valence-corrected chi connectivity index (χ3v) is 5.94. The van der Waals surface area contributed by atoms with E-state index in [9.17, 15) is 18.0 Å². The largest absolute Gasteiger partial charge is 0.409 e. The summed E-state index contributed by atoms with van der Waals surface area (Å²) in [7, 11) is 0. The molecule has 3 nitrogen and oxygen atoms in total. The molecule has 1 heterocycles. The molecule has 1 aliphatic rings. The van der Waals surface area contributed by atoms with Gasteiger partial charge in [0, 0.05) is 12.0 Å². The number of unbranched alkanes of at least 4 members (excludes halogenated alkanes) is 4. The van der Waals surface area contributed by atoms with Crippen molar-refractivity contribution >= 4 is 16.7 Å². The number of rotatable bonds is 8. The van der Waals surface area contributed by atoms with Gasteiger partial charge in [-0.2, -0.15) is 18.2 Å². The number of aryl methyl sites for hydroxylation is 1. The van der Waals surface area contributed by atoms with E-state index in [4.69, 9.17) is 0 Å². The number of carbonyl (C=O) groups is 1. The Morgan fingerprint density at radius 2 is 1.77 bits per heavy atom. The average Bonchev–Trinajstić information content (AvgIpc) is 2.93. The van der Waals surface area contributed by atoms with Crippen molar-refractivity contribution in [2.24, 2.45) is 0 Å². The molecule has 0 aromatic heterocycles. The fraction of sp³-hybridized carbons (Fsp3) is 0.542. The zero-order valence-electron chi connectivity index (χ0n) is 18.0. The molecule has 1 N–H and O–H groups in total. The molecule has 1 saturated heterocycles. The topological polar surface area (TPSA) is 32.3 Å². The van der Waals surface area contributed by atoms with E-state index in [-0.39, 0.29) is 17.9 Å². The number of hydrogen-bond acceptors (Lipinski definition) is 2. The summed E-state index contributed by atoms with van der Waals surface area (Å²) in [5, 5.41) is 2.50. The van der Waals surface area contributed by atoms with Crippen LogP contribution in [0.25, 0.3) is 10.8 Å². The standard InChI is InChI=1S/C24H31F3N2O/c1-4-5-6-7-8-12-18-15-14-17-11-9-10-13-19(17)21(18)22(24(25,26)27)29-23(2,3)16-20(30)28-29/h9-11,13-15,22H,4-8,12,16H2,1-3H3,(H,28,30)/t22-/m0/s1. The van der Waals surface area contributed by atoms with Gasteiger partial charge in [-0.1, -0.05) is 69.0 Å². The van der Waals surface area contributed by atoms with E-state index < -0.39 is 17.8 Å². The normalized spacial score (nSPS) is 18.0. The maximum atomic E-state index is 14.5. The number of halogens is 3. The number of carbonyl (C=O) groups excluding carboxylic acids is 1. The van der Waals surface area contributed by atoms with Crippen LogP contribution in [-0.2, 0) is 11.2 Å². The van der Waals surface area contributed by atoms with Crippen molar-refractivity contribution in [3.63, 3.8) is 0 Å². The number of benzene rings is 2. The summed E-state index contributed by atoms with van der Waals surface area (Å²) in [6.45, 7) is 5.50. The Balaban J connectivity index is 2.09. The zero-order valence-corrected chi connectivity index (χ0v) is 18.0. The second-order valence-electron chi connectivity index (χ2n) is 8.86. The van der Waals surface area contributed by atoms with Crippen molar-refractivity contribution in [1.29, 1.82) is 0 Å². The molecule has 6 heteroatoms. The van der Waals surface area contributed by atoms with Gasteiger partial charge in [-0.25, -0.2) is 0 Å². The van der Waals surface area contributed by atoms with Crippen molar-refractivity contribution in [2.45, 2.75) is 83.5 Å². The molecule has 1 aliphatic heterocycles. The first kappa shape index (κ1) is 22.6. The Morgan fingerprint density at radius 3 is 2.40 bits per heavy atom. The molecule has 0 bridgehead atoms. The van der Waals surface area contributed by atoms with Gasteiger partial charge in [0.2, 0.25) is 5.91 Å². The highest BCUT2D eigenvalue weighted by atomic mass is 19.4. The Labute approximate surface area is 176 Å². The maximum Gasteiger partial charge on any atom is 0.409 e. The van der Waals surface area contributed by atoms with Crippen LogP contribution in [0.4, 0.5) is 13.2 Å². The summed E-state index contributed by atoms with van der Waals surface area (Å²) < 4.78 is 43.6. The SMILES string of the molecule is CCCCCCCc1ccc2ccccc2c1[C@H](N1NC(=O)CC1(C)C)C(F)(F)F. The van der Waals surface area contributed by atoms with Crippen LogP contribution in [0.1, 0.15) is 76.5 Å². The highest BCUT2D eigenvalue weighted by molar-refractivity contribution is 5.87. The molecule has 0 radical (unpaired) electrons. The fourth-order valence-corrected chi connectivity index (χ4v) is 4.46. The van der Waals surface area contributed by atoms with Gasteiger partial charge in [0.05, 0.1) is 0 Å². The first-order valence-electron chi connectivity index (χ1n) is 10.8. The second-order valence-corrected chi connectivity index (χ2v) is 8.86. The van der Waals surface area contributed by atoms with Gasteiger partial charge in [-0.3, -0.25) is 10.2 Å². The van der Waals surface area contributed by atoms with Gasteiger partial charge in [0.1, 0.15) is 0 Å². The van der Waals surface area contributed by atoms with Crippen LogP contribution in [-0.4, -0.2) is 22.6 Å². The van der Waals surface area contributed by atoms with Crippen LogP contribution >= 0.6 is 0 Å². The lowest BCUT2D eigenvalue weighted by molar-refractivity contribution is -0.203. The van der Waals surface area contributed by atoms with Crippen molar-refractivity contribution < 1.29 is 18.0 Å². The Kier molecular flexibility index (Phi) is 6.75. The van der Waals surface area contributed by atoms with Gasteiger partial charge in [-0.05, 0) is 48.6 Å². The third kappa shape index (κ3) is 4.80. The number of alkyl halides is 3. The lowest BCUT2D eigenvalue weighted by Crippen LogP contribution is -2.51. The highest BCUT2D eigenvalue weighted by Gasteiger charge is 2.53. The molecule has 164 valence electrons. The predicted octanol–water partition coefficient (Wildman–Crippen LogP) is 6.47. The molecule has 0 spiro atoms. The smallest absolute Gasteiger partial charge is 0.287 e. The molecule has 0 unspecified atom stereocenters. The summed E-state index contributed by atoms with van der Waals surface area (Å²) in [6.07, 6.45) is 1.32. The van der Waals surface area contributed by atoms with E-state index in [1.807, 2.05) is 24.3 Å². The van der Waals surface area contributed by atoms with Crippen LogP contribution in [0.3, 0.4) is 0 Å². The number of amides is 1. The Morgan fingerprint density at radius 1 is 1.07 bits per heavy atom. The molecular formula is C24H31F3N2O. The second kappa shape index (κ2) is 8.96. The monoisotopic (exact) mass is 420 g/mol. The van der Waals surface area contributed by atoms with Crippen LogP contribution in [0.5, 0.6) is 0 Å². The summed E-state index contributed by atoms with van der Waals surface area (Å²) in [6, 6.07) is 9.05.